The van der Waals surface area contributed by atoms with E-state index in [9.17, 15) is 4.79 Å². The zero-order valence-corrected chi connectivity index (χ0v) is 5.63. The van der Waals surface area contributed by atoms with Crippen molar-refractivity contribution in [1.82, 2.24) is 0 Å². The molecule has 0 aromatic carbocycles. The molecule has 1 rings (SSSR count). The van der Waals surface area contributed by atoms with Gasteiger partial charge in [-0.15, -0.1) is 0 Å². The molecule has 3 nitrogen and oxygen atoms in total. The first-order chi connectivity index (χ1) is 4.74. The molecule has 54 valence electrons. The van der Waals surface area contributed by atoms with Gasteiger partial charge in [0.1, 0.15) is 5.76 Å². The van der Waals surface area contributed by atoms with Crippen molar-refractivity contribution < 1.29 is 14.6 Å². The molecule has 0 fully saturated rings. The van der Waals surface area contributed by atoms with Crippen LogP contribution in [0.2, 0.25) is 0 Å². The zero-order valence-electron chi connectivity index (χ0n) is 5.63. The number of carbonyl (C=O) groups is 1. The molecule has 0 spiro atoms. The maximum absolute atomic E-state index is 10.6. The summed E-state index contributed by atoms with van der Waals surface area (Å²) in [5, 5.41) is 9.02. The van der Waals surface area contributed by atoms with Gasteiger partial charge in [0.05, 0.1) is 13.5 Å². The van der Waals surface area contributed by atoms with Gasteiger partial charge >= 0.3 is 0 Å². The summed E-state index contributed by atoms with van der Waals surface area (Å²) >= 11 is 0. The number of hydrogen-bond acceptors (Lipinski definition) is 3. The number of carbonyl (C=O) groups excluding carboxylic acids is 1. The Kier molecular flexibility index (Phi) is 1.76. The van der Waals surface area contributed by atoms with E-state index >= 15 is 0 Å². The first-order valence-corrected chi connectivity index (χ1v) is 2.91. The molecule has 10 heavy (non-hydrogen) atoms. The predicted molar refractivity (Wildman–Crippen MR) is 35.4 cm³/mol. The number of allylic oxidation sites excluding steroid dienone is 3. The topological polar surface area (TPSA) is 46.5 Å². The molecule has 0 amide bonds. The Morgan fingerprint density at radius 1 is 1.60 bits per heavy atom. The summed E-state index contributed by atoms with van der Waals surface area (Å²) in [6.07, 6.45) is 2.90. The van der Waals surface area contributed by atoms with Gasteiger partial charge in [-0.25, -0.2) is 0 Å². The van der Waals surface area contributed by atoms with Crippen LogP contribution in [0.5, 0.6) is 0 Å². The molecule has 0 saturated carbocycles. The molecule has 0 unspecified atom stereocenters. The van der Waals surface area contributed by atoms with Gasteiger partial charge in [-0.2, -0.15) is 0 Å². The molecule has 0 aliphatic heterocycles. The molecular weight excluding hydrogens is 132 g/mol. The van der Waals surface area contributed by atoms with Gasteiger partial charge in [-0.05, 0) is 12.2 Å². The highest BCUT2D eigenvalue weighted by atomic mass is 16.5. The molecule has 1 aliphatic carbocycles. The van der Waals surface area contributed by atoms with Gasteiger partial charge in [0.25, 0.3) is 0 Å². The highest BCUT2D eigenvalue weighted by Gasteiger charge is 2.11. The van der Waals surface area contributed by atoms with E-state index in [1.165, 1.54) is 19.3 Å². The van der Waals surface area contributed by atoms with Crippen LogP contribution < -0.4 is 0 Å². The summed E-state index contributed by atoms with van der Waals surface area (Å²) < 4.78 is 4.74. The quantitative estimate of drug-likeness (QED) is 0.589. The second kappa shape index (κ2) is 2.56. The Hall–Kier alpha value is -1.25. The maximum atomic E-state index is 10.6. The third-order valence-corrected chi connectivity index (χ3v) is 1.27. The van der Waals surface area contributed by atoms with E-state index in [4.69, 9.17) is 9.84 Å². The van der Waals surface area contributed by atoms with E-state index in [1.807, 2.05) is 0 Å². The number of aliphatic hydroxyl groups excluding tert-OH is 1. The Morgan fingerprint density at radius 2 is 2.30 bits per heavy atom. The lowest BCUT2D eigenvalue weighted by molar-refractivity contribution is -0.114. The highest BCUT2D eigenvalue weighted by Crippen LogP contribution is 2.13. The van der Waals surface area contributed by atoms with Crippen molar-refractivity contribution in [2.24, 2.45) is 0 Å². The van der Waals surface area contributed by atoms with Crippen molar-refractivity contribution in [3.63, 3.8) is 0 Å². The van der Waals surface area contributed by atoms with Gasteiger partial charge < -0.3 is 9.84 Å². The molecule has 0 atom stereocenters. The van der Waals surface area contributed by atoms with Crippen molar-refractivity contribution in [3.05, 3.63) is 23.7 Å². The summed E-state index contributed by atoms with van der Waals surface area (Å²) in [5.41, 5.74) is 0. The van der Waals surface area contributed by atoms with Gasteiger partial charge in [0.15, 0.2) is 11.5 Å². The van der Waals surface area contributed by atoms with Crippen LogP contribution in [0.25, 0.3) is 0 Å². The Morgan fingerprint density at radius 3 is 2.80 bits per heavy atom. The summed E-state index contributed by atoms with van der Waals surface area (Å²) in [7, 11) is 1.45. The Labute approximate surface area is 58.6 Å². The molecule has 0 bridgehead atoms. The first-order valence-electron chi connectivity index (χ1n) is 2.91. The van der Waals surface area contributed by atoms with Crippen LogP contribution in [-0.2, 0) is 9.53 Å². The summed E-state index contributed by atoms with van der Waals surface area (Å²) in [6.45, 7) is 0. The second-order valence-electron chi connectivity index (χ2n) is 1.99. The van der Waals surface area contributed by atoms with Gasteiger partial charge in [-0.3, -0.25) is 4.79 Å². The molecule has 0 saturated heterocycles. The largest absolute Gasteiger partial charge is 0.508 e. The lowest BCUT2D eigenvalue weighted by atomic mass is 10.1. The Bertz CT molecular complexity index is 213. The van der Waals surface area contributed by atoms with E-state index in [-0.39, 0.29) is 18.0 Å². The minimum Gasteiger partial charge on any atom is -0.508 e. The third-order valence-electron chi connectivity index (χ3n) is 1.27. The fourth-order valence-electron chi connectivity index (χ4n) is 0.762. The summed E-state index contributed by atoms with van der Waals surface area (Å²) in [5.74, 6) is 0.285. The molecule has 0 radical (unpaired) electrons. The lowest BCUT2D eigenvalue weighted by Gasteiger charge is -2.07. The number of hydrogen-bond donors (Lipinski definition) is 1. The average Bonchev–Trinajstić information content (AvgIpc) is 1.88. The van der Waals surface area contributed by atoms with Crippen molar-refractivity contribution in [1.29, 1.82) is 0 Å². The maximum Gasteiger partial charge on any atom is 0.163 e. The zero-order chi connectivity index (χ0) is 7.56. The summed E-state index contributed by atoms with van der Waals surface area (Å²) in [6, 6.07) is 0. The van der Waals surface area contributed by atoms with Crippen LogP contribution in [0.15, 0.2) is 23.7 Å². The lowest BCUT2D eigenvalue weighted by Crippen LogP contribution is -2.04. The van der Waals surface area contributed by atoms with E-state index in [2.05, 4.69) is 0 Å². The fourth-order valence-corrected chi connectivity index (χ4v) is 0.762. The fraction of sp³-hybridized carbons (Fsp3) is 0.286. The normalized spacial score (nSPS) is 17.9. The number of aliphatic hydroxyl groups is 1. The van der Waals surface area contributed by atoms with Crippen LogP contribution in [-0.4, -0.2) is 18.0 Å². The van der Waals surface area contributed by atoms with Gasteiger partial charge in [0, 0.05) is 0 Å². The van der Waals surface area contributed by atoms with Gasteiger partial charge in [0.2, 0.25) is 0 Å². The Balaban J connectivity index is 2.82. The van der Waals surface area contributed by atoms with Crippen LogP contribution >= 0.6 is 0 Å². The molecular formula is C7H8O3. The monoisotopic (exact) mass is 140 g/mol. The van der Waals surface area contributed by atoms with Crippen molar-refractivity contribution in [2.75, 3.05) is 7.11 Å². The van der Waals surface area contributed by atoms with Crippen LogP contribution in [0, 0.1) is 0 Å². The number of ether oxygens (including phenoxy) is 1. The minimum absolute atomic E-state index is 0.00926. The van der Waals surface area contributed by atoms with Crippen LogP contribution in [0.3, 0.4) is 0 Å². The van der Waals surface area contributed by atoms with E-state index in [0.29, 0.717) is 5.76 Å². The molecule has 0 heterocycles. The SMILES string of the molecule is COC1=C(O)CC(=O)C=C1. The van der Waals surface area contributed by atoms with Crippen molar-refractivity contribution >= 4 is 5.78 Å². The van der Waals surface area contributed by atoms with Crippen LogP contribution in [0.1, 0.15) is 6.42 Å². The number of rotatable bonds is 1. The van der Waals surface area contributed by atoms with Crippen molar-refractivity contribution in [3.8, 4) is 0 Å². The van der Waals surface area contributed by atoms with Gasteiger partial charge in [-0.1, -0.05) is 0 Å². The minimum atomic E-state index is -0.0988. The van der Waals surface area contributed by atoms with E-state index in [1.54, 1.807) is 0 Å². The molecule has 3 heteroatoms. The average molecular weight is 140 g/mol. The molecule has 1 aliphatic rings. The van der Waals surface area contributed by atoms with E-state index in [0.717, 1.165) is 0 Å². The van der Waals surface area contributed by atoms with Crippen LogP contribution in [0.4, 0.5) is 0 Å². The first kappa shape index (κ1) is 6.86. The number of ketones is 1. The predicted octanol–water partition coefficient (Wildman–Crippen LogP) is 0.931. The highest BCUT2D eigenvalue weighted by molar-refractivity contribution is 5.92. The second-order valence-corrected chi connectivity index (χ2v) is 1.99. The third kappa shape index (κ3) is 1.18. The molecule has 0 aromatic rings. The van der Waals surface area contributed by atoms with Crippen molar-refractivity contribution in [2.45, 2.75) is 6.42 Å². The van der Waals surface area contributed by atoms with E-state index < -0.39 is 0 Å². The summed E-state index contributed by atoms with van der Waals surface area (Å²) in [4.78, 5) is 10.6. The molecule has 0 aromatic heterocycles. The molecule has 1 N–H and O–H groups in total. The number of methoxy groups -OCH3 is 1. The smallest absolute Gasteiger partial charge is 0.163 e. The standard InChI is InChI=1S/C7H8O3/c1-10-7-3-2-5(8)4-6(7)9/h2-3,9H,4H2,1H3.